The lowest BCUT2D eigenvalue weighted by atomic mass is 10.2. The van der Waals surface area contributed by atoms with Gasteiger partial charge in [0.2, 0.25) is 0 Å². The van der Waals surface area contributed by atoms with Crippen LogP contribution < -0.4 is 4.74 Å². The first-order valence-electron chi connectivity index (χ1n) is 4.86. The molecule has 1 aromatic rings. The van der Waals surface area contributed by atoms with Gasteiger partial charge in [0.25, 0.3) is 0 Å². The van der Waals surface area contributed by atoms with Gasteiger partial charge in [0.05, 0.1) is 7.11 Å². The Labute approximate surface area is 99.2 Å². The highest BCUT2D eigenvalue weighted by Crippen LogP contribution is 2.26. The van der Waals surface area contributed by atoms with E-state index in [-0.39, 0.29) is 11.6 Å². The number of hydrogen-bond donors (Lipinski definition) is 0. The maximum atomic E-state index is 11.2. The molecule has 0 aliphatic heterocycles. The molecule has 3 nitrogen and oxygen atoms in total. The predicted octanol–water partition coefficient (Wildman–Crippen LogP) is 2.33. The van der Waals surface area contributed by atoms with Crippen molar-refractivity contribution in [1.29, 1.82) is 0 Å². The van der Waals surface area contributed by atoms with E-state index >= 15 is 0 Å². The van der Waals surface area contributed by atoms with Gasteiger partial charge < -0.3 is 4.74 Å². The fourth-order valence-corrected chi connectivity index (χ4v) is 2.14. The quantitative estimate of drug-likeness (QED) is 0.583. The lowest BCUT2D eigenvalue weighted by Crippen LogP contribution is -2.21. The molecule has 0 aromatic heterocycles. The summed E-state index contributed by atoms with van der Waals surface area (Å²) in [5.74, 6) is 0.521. The molecule has 0 radical (unpaired) electrons. The average molecular weight is 238 g/mol. The van der Waals surface area contributed by atoms with Gasteiger partial charge >= 0.3 is 0 Å². The van der Waals surface area contributed by atoms with Crippen molar-refractivity contribution in [2.75, 3.05) is 7.11 Å². The highest BCUT2D eigenvalue weighted by atomic mass is 32.2. The maximum absolute atomic E-state index is 11.2. The standard InChI is InChI=1S/C12H14O3S/c1-8(13)12(9(2)14)16-11-6-4-10(15-3)5-7-11/h4-7,12H,1-3H3. The van der Waals surface area contributed by atoms with Crippen LogP contribution in [0, 0.1) is 0 Å². The second kappa shape index (κ2) is 5.70. The Hall–Kier alpha value is -1.29. The van der Waals surface area contributed by atoms with Gasteiger partial charge in [-0.1, -0.05) is 0 Å². The second-order valence-electron chi connectivity index (χ2n) is 3.39. The summed E-state index contributed by atoms with van der Waals surface area (Å²) in [4.78, 5) is 23.4. The number of thioether (sulfide) groups is 1. The van der Waals surface area contributed by atoms with Crippen LogP contribution in [0.5, 0.6) is 5.75 Å². The summed E-state index contributed by atoms with van der Waals surface area (Å²) in [5.41, 5.74) is 0. The fraction of sp³-hybridized carbons (Fsp3) is 0.333. The van der Waals surface area contributed by atoms with Crippen molar-refractivity contribution in [3.05, 3.63) is 24.3 Å². The van der Waals surface area contributed by atoms with Crippen LogP contribution in [0.3, 0.4) is 0 Å². The van der Waals surface area contributed by atoms with Gasteiger partial charge in [0.1, 0.15) is 11.0 Å². The zero-order valence-electron chi connectivity index (χ0n) is 9.52. The SMILES string of the molecule is COc1ccc(SC(C(C)=O)C(C)=O)cc1. The molecule has 4 heteroatoms. The van der Waals surface area contributed by atoms with E-state index < -0.39 is 5.25 Å². The predicted molar refractivity (Wildman–Crippen MR) is 64.0 cm³/mol. The summed E-state index contributed by atoms with van der Waals surface area (Å²) in [6, 6.07) is 7.28. The van der Waals surface area contributed by atoms with Crippen LogP contribution in [0.4, 0.5) is 0 Å². The summed E-state index contributed by atoms with van der Waals surface area (Å²) >= 11 is 1.27. The first-order chi connectivity index (χ1) is 7.54. The van der Waals surface area contributed by atoms with E-state index in [9.17, 15) is 9.59 Å². The summed E-state index contributed by atoms with van der Waals surface area (Å²) in [6.07, 6.45) is 0. The molecule has 0 fully saturated rings. The van der Waals surface area contributed by atoms with E-state index in [4.69, 9.17) is 4.74 Å². The number of carbonyl (C=O) groups excluding carboxylic acids is 2. The van der Waals surface area contributed by atoms with Crippen molar-refractivity contribution in [2.45, 2.75) is 24.0 Å². The second-order valence-corrected chi connectivity index (χ2v) is 4.57. The van der Waals surface area contributed by atoms with Crippen LogP contribution in [0.1, 0.15) is 13.8 Å². The minimum absolute atomic E-state index is 0.117. The van der Waals surface area contributed by atoms with Crippen LogP contribution in [0.25, 0.3) is 0 Å². The lowest BCUT2D eigenvalue weighted by Gasteiger charge is -2.09. The first kappa shape index (κ1) is 12.8. The van der Waals surface area contributed by atoms with Crippen LogP contribution in [-0.4, -0.2) is 23.9 Å². The van der Waals surface area contributed by atoms with Crippen molar-refractivity contribution in [3.8, 4) is 5.75 Å². The molecule has 16 heavy (non-hydrogen) atoms. The van der Waals surface area contributed by atoms with Crippen molar-refractivity contribution in [3.63, 3.8) is 0 Å². The number of benzene rings is 1. The van der Waals surface area contributed by atoms with E-state index in [1.807, 2.05) is 12.1 Å². The number of methoxy groups -OCH3 is 1. The number of hydrogen-bond acceptors (Lipinski definition) is 4. The minimum Gasteiger partial charge on any atom is -0.497 e. The van der Waals surface area contributed by atoms with Gasteiger partial charge in [-0.3, -0.25) is 9.59 Å². The van der Waals surface area contributed by atoms with E-state index in [1.165, 1.54) is 25.6 Å². The smallest absolute Gasteiger partial charge is 0.150 e. The van der Waals surface area contributed by atoms with Crippen LogP contribution in [-0.2, 0) is 9.59 Å². The molecule has 1 aromatic carbocycles. The highest BCUT2D eigenvalue weighted by molar-refractivity contribution is 8.01. The van der Waals surface area contributed by atoms with Crippen LogP contribution in [0.15, 0.2) is 29.2 Å². The first-order valence-corrected chi connectivity index (χ1v) is 5.74. The molecule has 0 atom stereocenters. The molecule has 0 bridgehead atoms. The molecule has 0 aliphatic carbocycles. The number of ether oxygens (including phenoxy) is 1. The Morgan fingerprint density at radius 2 is 1.62 bits per heavy atom. The molecule has 0 spiro atoms. The summed E-state index contributed by atoms with van der Waals surface area (Å²) in [5, 5.41) is -0.603. The van der Waals surface area contributed by atoms with Gasteiger partial charge in [0, 0.05) is 4.90 Å². The van der Waals surface area contributed by atoms with E-state index in [1.54, 1.807) is 19.2 Å². The summed E-state index contributed by atoms with van der Waals surface area (Å²) in [7, 11) is 1.59. The van der Waals surface area contributed by atoms with Gasteiger partial charge in [-0.2, -0.15) is 0 Å². The number of ketones is 2. The Morgan fingerprint density at radius 3 is 2.00 bits per heavy atom. The molecule has 0 saturated heterocycles. The molecule has 0 saturated carbocycles. The van der Waals surface area contributed by atoms with Gasteiger partial charge in [-0.05, 0) is 38.1 Å². The monoisotopic (exact) mass is 238 g/mol. The molecule has 0 aliphatic rings. The molecule has 0 amide bonds. The summed E-state index contributed by atoms with van der Waals surface area (Å²) in [6.45, 7) is 2.87. The highest BCUT2D eigenvalue weighted by Gasteiger charge is 2.20. The number of carbonyl (C=O) groups is 2. The third-order valence-electron chi connectivity index (χ3n) is 2.05. The molecular formula is C12H14O3S. The molecule has 86 valence electrons. The molecular weight excluding hydrogens is 224 g/mol. The van der Waals surface area contributed by atoms with Gasteiger partial charge in [0.15, 0.2) is 11.6 Å². The zero-order valence-corrected chi connectivity index (χ0v) is 10.3. The molecule has 0 N–H and O–H groups in total. The molecule has 0 unspecified atom stereocenters. The third kappa shape index (κ3) is 3.38. The van der Waals surface area contributed by atoms with Crippen LogP contribution in [0.2, 0.25) is 0 Å². The Kier molecular flexibility index (Phi) is 4.55. The Balaban J connectivity index is 2.77. The van der Waals surface area contributed by atoms with Crippen molar-refractivity contribution >= 4 is 23.3 Å². The summed E-state index contributed by atoms with van der Waals surface area (Å²) < 4.78 is 5.03. The van der Waals surface area contributed by atoms with E-state index in [2.05, 4.69) is 0 Å². The fourth-order valence-electron chi connectivity index (χ4n) is 1.24. The van der Waals surface area contributed by atoms with E-state index in [0.717, 1.165) is 10.6 Å². The maximum Gasteiger partial charge on any atom is 0.150 e. The molecule has 1 rings (SSSR count). The number of rotatable bonds is 5. The molecule has 0 heterocycles. The minimum atomic E-state index is -0.603. The Bertz CT molecular complexity index is 370. The zero-order chi connectivity index (χ0) is 12.1. The third-order valence-corrected chi connectivity index (χ3v) is 3.50. The Morgan fingerprint density at radius 1 is 1.12 bits per heavy atom. The van der Waals surface area contributed by atoms with Crippen molar-refractivity contribution in [2.24, 2.45) is 0 Å². The van der Waals surface area contributed by atoms with Gasteiger partial charge in [-0.15, -0.1) is 11.8 Å². The largest absolute Gasteiger partial charge is 0.497 e. The number of Topliss-reactive ketones (excluding diaryl/α,β-unsaturated/α-hetero) is 2. The normalized spacial score (nSPS) is 10.2. The van der Waals surface area contributed by atoms with Crippen LogP contribution >= 0.6 is 11.8 Å². The van der Waals surface area contributed by atoms with Crippen molar-refractivity contribution in [1.82, 2.24) is 0 Å². The van der Waals surface area contributed by atoms with Gasteiger partial charge in [-0.25, -0.2) is 0 Å². The average Bonchev–Trinajstić information content (AvgIpc) is 2.25. The van der Waals surface area contributed by atoms with E-state index in [0.29, 0.717) is 0 Å². The topological polar surface area (TPSA) is 43.4 Å². The van der Waals surface area contributed by atoms with Crippen molar-refractivity contribution < 1.29 is 14.3 Å². The lowest BCUT2D eigenvalue weighted by molar-refractivity contribution is -0.123.